The Hall–Kier alpha value is -0.600. The van der Waals surface area contributed by atoms with Gasteiger partial charge in [-0.15, -0.1) is 5.10 Å². The molecule has 0 radical (unpaired) electrons. The minimum absolute atomic E-state index is 0.386. The Morgan fingerprint density at radius 3 is 2.32 bits per heavy atom. The Bertz CT molecular complexity index is 557. The number of hydrogen-bond donors (Lipinski definition) is 3. The van der Waals surface area contributed by atoms with E-state index in [4.69, 9.17) is 9.79 Å². The molecule has 0 bridgehead atoms. The van der Waals surface area contributed by atoms with Crippen LogP contribution in [0.3, 0.4) is 0 Å². The summed E-state index contributed by atoms with van der Waals surface area (Å²) in [4.78, 5) is 40.3. The number of rotatable bonds is 9. The zero-order valence-electron chi connectivity index (χ0n) is 12.0. The van der Waals surface area contributed by atoms with E-state index in [0.29, 0.717) is 12.1 Å². The first-order chi connectivity index (χ1) is 10.0. The summed E-state index contributed by atoms with van der Waals surface area (Å²) in [5.74, 6) is 0. The molecule has 12 heteroatoms. The molecule has 0 saturated carbocycles. The van der Waals surface area contributed by atoms with Crippen molar-refractivity contribution in [3.8, 4) is 0 Å². The van der Waals surface area contributed by atoms with Crippen LogP contribution < -0.4 is 9.79 Å². The van der Waals surface area contributed by atoms with Crippen LogP contribution in [0.15, 0.2) is 6.20 Å². The fraction of sp³-hybridized carbons (Fsp3) is 0.800. The molecular weight excluding hydrogens is 336 g/mol. The molecule has 0 aliphatic carbocycles. The van der Waals surface area contributed by atoms with E-state index < -0.39 is 26.8 Å². The third-order valence-electron chi connectivity index (χ3n) is 3.25. The normalized spacial score (nSPS) is 20.1. The molecule has 0 aromatic carbocycles. The molecule has 128 valence electrons. The maximum Gasteiger partial charge on any atom is 0.211 e. The quantitative estimate of drug-likeness (QED) is 0.376. The molecule has 0 spiro atoms. The van der Waals surface area contributed by atoms with Crippen LogP contribution in [-0.4, -0.2) is 35.0 Å². The molecule has 1 aromatic rings. The molecule has 0 aliphatic heterocycles. The summed E-state index contributed by atoms with van der Waals surface area (Å²) >= 11 is 0. The maximum absolute atomic E-state index is 11.2. The number of aliphatic hydroxyl groups is 1. The van der Waals surface area contributed by atoms with Gasteiger partial charge in [-0.25, -0.2) is 4.68 Å². The second-order valence-corrected chi connectivity index (χ2v) is 8.92. The van der Waals surface area contributed by atoms with Crippen molar-refractivity contribution in [2.45, 2.75) is 50.7 Å². The summed E-state index contributed by atoms with van der Waals surface area (Å²) in [6.07, 6.45) is 5.40. The van der Waals surface area contributed by atoms with E-state index in [-0.39, 0.29) is 0 Å². The van der Waals surface area contributed by atoms with Gasteiger partial charge < -0.3 is 33.8 Å². The van der Waals surface area contributed by atoms with Crippen LogP contribution in [0.25, 0.3) is 0 Å². The van der Waals surface area contributed by atoms with Gasteiger partial charge in [0.05, 0.1) is 18.4 Å². The van der Waals surface area contributed by atoms with Crippen molar-refractivity contribution in [2.24, 2.45) is 0 Å². The summed E-state index contributed by atoms with van der Waals surface area (Å²) in [5, 5.41) is 13.0. The second kappa shape index (κ2) is 7.31. The molecule has 1 rings (SSSR count). The van der Waals surface area contributed by atoms with Gasteiger partial charge in [-0.1, -0.05) is 31.4 Å². The molecule has 1 heterocycles. The highest BCUT2D eigenvalue weighted by Gasteiger charge is 2.48. The van der Waals surface area contributed by atoms with Gasteiger partial charge in [-0.3, -0.25) is 0 Å². The van der Waals surface area contributed by atoms with Gasteiger partial charge in [0.25, 0.3) is 0 Å². The Labute approximate surface area is 127 Å². The molecule has 3 N–H and O–H groups in total. The molecule has 0 fully saturated rings. The number of aryl methyl sites for hydroxylation is 1. The first kappa shape index (κ1) is 19.4. The van der Waals surface area contributed by atoms with Crippen molar-refractivity contribution in [1.82, 2.24) is 15.0 Å². The predicted molar refractivity (Wildman–Crippen MR) is 72.5 cm³/mol. The molecule has 22 heavy (non-hydrogen) atoms. The van der Waals surface area contributed by atoms with Gasteiger partial charge in [0, 0.05) is 0 Å². The number of hydrogen-bond acceptors (Lipinski definition) is 7. The SMILES string of the molecule is CCCCCCc1cnnn1CC(O)(P(=O)([O-])O)P(=O)([O-])O. The number of nitrogens with zero attached hydrogens (tertiary/aromatic N) is 3. The number of aromatic nitrogens is 3. The van der Waals surface area contributed by atoms with Crippen LogP contribution in [0.2, 0.25) is 0 Å². The monoisotopic (exact) mass is 355 g/mol. The van der Waals surface area contributed by atoms with Crippen LogP contribution in [0.5, 0.6) is 0 Å². The van der Waals surface area contributed by atoms with Gasteiger partial charge in [-0.2, -0.15) is 0 Å². The predicted octanol–water partition coefficient (Wildman–Crippen LogP) is -0.862. The minimum atomic E-state index is -5.82. The second-order valence-electron chi connectivity index (χ2n) is 5.01. The van der Waals surface area contributed by atoms with Crippen molar-refractivity contribution < 1.29 is 33.8 Å². The summed E-state index contributed by atoms with van der Waals surface area (Å²) in [5.41, 5.74) is 0.386. The van der Waals surface area contributed by atoms with Crippen molar-refractivity contribution in [2.75, 3.05) is 0 Å². The third kappa shape index (κ3) is 4.45. The fourth-order valence-electron chi connectivity index (χ4n) is 1.88. The smallest absolute Gasteiger partial charge is 0.211 e. The zero-order chi connectivity index (χ0) is 17.0. The third-order valence-corrected chi connectivity index (χ3v) is 6.86. The first-order valence-electron chi connectivity index (χ1n) is 6.70. The fourth-order valence-corrected chi connectivity index (χ4v) is 3.78. The topological polar surface area (TPSA) is 172 Å². The van der Waals surface area contributed by atoms with Crippen molar-refractivity contribution in [3.63, 3.8) is 0 Å². The van der Waals surface area contributed by atoms with E-state index in [1.807, 2.05) is 6.92 Å². The lowest BCUT2D eigenvalue weighted by Gasteiger charge is -2.41. The summed E-state index contributed by atoms with van der Waals surface area (Å²) < 4.78 is 23.2. The van der Waals surface area contributed by atoms with Crippen LogP contribution >= 0.6 is 15.2 Å². The Morgan fingerprint density at radius 2 is 1.82 bits per heavy atom. The van der Waals surface area contributed by atoms with Gasteiger partial charge in [0.15, 0.2) is 15.2 Å². The van der Waals surface area contributed by atoms with Crippen molar-refractivity contribution in [1.29, 1.82) is 0 Å². The van der Waals surface area contributed by atoms with Crippen LogP contribution in [0, 0.1) is 0 Å². The molecular formula is C10H19N3O7P2-2. The highest BCUT2D eigenvalue weighted by atomic mass is 31.2. The summed E-state index contributed by atoms with van der Waals surface area (Å²) in [7, 11) is -11.6. The highest BCUT2D eigenvalue weighted by molar-refractivity contribution is 7.70. The minimum Gasteiger partial charge on any atom is -0.776 e. The maximum atomic E-state index is 11.2. The van der Waals surface area contributed by atoms with E-state index in [1.165, 1.54) is 6.20 Å². The van der Waals surface area contributed by atoms with E-state index in [1.54, 1.807) is 0 Å². The molecule has 1 aromatic heterocycles. The summed E-state index contributed by atoms with van der Waals surface area (Å²) in [6, 6.07) is 0. The molecule has 0 amide bonds. The Balaban J connectivity index is 2.95. The molecule has 0 aliphatic rings. The average molecular weight is 355 g/mol. The lowest BCUT2D eigenvalue weighted by molar-refractivity contribution is -0.227. The van der Waals surface area contributed by atoms with Crippen LogP contribution in [0.1, 0.15) is 38.3 Å². The standard InChI is InChI=1S/C10H21N3O7P2/c1-2-3-4-5-6-9-7-11-12-13(9)8-10(14,21(15,16)17)22(18,19)20/h7,14H,2-6,8H2,1H3,(H2,15,16,17)(H2,18,19,20)/p-2. The molecule has 10 nitrogen and oxygen atoms in total. The zero-order valence-corrected chi connectivity index (χ0v) is 13.8. The largest absolute Gasteiger partial charge is 0.776 e. The van der Waals surface area contributed by atoms with Gasteiger partial charge in [0.1, 0.15) is 0 Å². The van der Waals surface area contributed by atoms with Crippen molar-refractivity contribution >= 4 is 15.2 Å². The van der Waals surface area contributed by atoms with Crippen LogP contribution in [-0.2, 0) is 22.1 Å². The molecule has 2 unspecified atom stereocenters. The van der Waals surface area contributed by atoms with E-state index in [0.717, 1.165) is 30.4 Å². The lowest BCUT2D eigenvalue weighted by atomic mass is 10.1. The van der Waals surface area contributed by atoms with Crippen LogP contribution in [0.4, 0.5) is 0 Å². The van der Waals surface area contributed by atoms with Gasteiger partial charge in [0.2, 0.25) is 5.08 Å². The Kier molecular flexibility index (Phi) is 6.46. The van der Waals surface area contributed by atoms with E-state index in [2.05, 4.69) is 10.3 Å². The highest BCUT2D eigenvalue weighted by Crippen LogP contribution is 2.63. The lowest BCUT2D eigenvalue weighted by Crippen LogP contribution is -2.41. The van der Waals surface area contributed by atoms with E-state index in [9.17, 15) is 24.0 Å². The first-order valence-corrected chi connectivity index (χ1v) is 9.86. The Morgan fingerprint density at radius 1 is 1.23 bits per heavy atom. The van der Waals surface area contributed by atoms with Gasteiger partial charge in [-0.05, 0) is 12.8 Å². The average Bonchev–Trinajstić information content (AvgIpc) is 2.79. The van der Waals surface area contributed by atoms with Gasteiger partial charge >= 0.3 is 0 Å². The number of unbranched alkanes of at least 4 members (excludes halogenated alkanes) is 3. The van der Waals surface area contributed by atoms with Crippen molar-refractivity contribution in [3.05, 3.63) is 11.9 Å². The molecule has 0 saturated heterocycles. The molecule has 2 atom stereocenters. The van der Waals surface area contributed by atoms with E-state index >= 15 is 0 Å². The summed E-state index contributed by atoms with van der Waals surface area (Å²) in [6.45, 7) is 0.872.